The number of amides is 1. The van der Waals surface area contributed by atoms with Crippen LogP contribution in [0.3, 0.4) is 0 Å². The average Bonchev–Trinajstić information content (AvgIpc) is 2.05. The molecule has 0 aromatic heterocycles. The summed E-state index contributed by atoms with van der Waals surface area (Å²) in [7, 11) is 1.51. The van der Waals surface area contributed by atoms with E-state index in [0.717, 1.165) is 19.5 Å². The Kier molecular flexibility index (Phi) is 8.05. The highest BCUT2D eigenvalue weighted by Gasteiger charge is 1.96. The predicted octanol–water partition coefficient (Wildman–Crippen LogP) is -0.251. The van der Waals surface area contributed by atoms with E-state index in [9.17, 15) is 4.79 Å². The molecule has 0 aromatic rings. The first-order valence-corrected chi connectivity index (χ1v) is 4.27. The molecule has 72 valence electrons. The SMILES string of the molecule is CCCNCCNC(=O)COC. The second-order valence-electron chi connectivity index (χ2n) is 2.53. The highest BCUT2D eigenvalue weighted by Crippen LogP contribution is 1.70. The number of nitrogens with one attached hydrogen (secondary N) is 2. The van der Waals surface area contributed by atoms with Crippen LogP contribution in [0.1, 0.15) is 13.3 Å². The van der Waals surface area contributed by atoms with E-state index in [1.807, 2.05) is 0 Å². The quantitative estimate of drug-likeness (QED) is 0.523. The molecule has 0 aliphatic rings. The van der Waals surface area contributed by atoms with Crippen LogP contribution in [0.4, 0.5) is 0 Å². The van der Waals surface area contributed by atoms with E-state index in [1.54, 1.807) is 0 Å². The first kappa shape index (κ1) is 11.4. The smallest absolute Gasteiger partial charge is 0.246 e. The first-order valence-electron chi connectivity index (χ1n) is 4.27. The summed E-state index contributed by atoms with van der Waals surface area (Å²) in [6.45, 7) is 4.75. The van der Waals surface area contributed by atoms with Gasteiger partial charge in [0.1, 0.15) is 6.61 Å². The zero-order valence-corrected chi connectivity index (χ0v) is 7.85. The van der Waals surface area contributed by atoms with Gasteiger partial charge in [-0.2, -0.15) is 0 Å². The largest absolute Gasteiger partial charge is 0.375 e. The van der Waals surface area contributed by atoms with Gasteiger partial charge in [0.2, 0.25) is 5.91 Å². The maximum Gasteiger partial charge on any atom is 0.246 e. The monoisotopic (exact) mass is 174 g/mol. The zero-order chi connectivity index (χ0) is 9.23. The van der Waals surface area contributed by atoms with E-state index < -0.39 is 0 Å². The highest BCUT2D eigenvalue weighted by atomic mass is 16.5. The predicted molar refractivity (Wildman–Crippen MR) is 48.0 cm³/mol. The average molecular weight is 174 g/mol. The van der Waals surface area contributed by atoms with Crippen molar-refractivity contribution in [3.05, 3.63) is 0 Å². The Morgan fingerprint density at radius 1 is 1.33 bits per heavy atom. The molecule has 0 unspecified atom stereocenters. The number of ether oxygens (including phenoxy) is 1. The Hall–Kier alpha value is -0.610. The molecule has 0 atom stereocenters. The molecule has 0 radical (unpaired) electrons. The minimum Gasteiger partial charge on any atom is -0.375 e. The molecule has 1 amide bonds. The van der Waals surface area contributed by atoms with Crippen LogP contribution < -0.4 is 10.6 Å². The third-order valence-corrected chi connectivity index (χ3v) is 1.33. The number of carbonyl (C=O) groups excluding carboxylic acids is 1. The van der Waals surface area contributed by atoms with Crippen LogP contribution in [0.15, 0.2) is 0 Å². The number of methoxy groups -OCH3 is 1. The summed E-state index contributed by atoms with van der Waals surface area (Å²) in [5.74, 6) is -0.0594. The molecule has 0 spiro atoms. The molecule has 12 heavy (non-hydrogen) atoms. The van der Waals surface area contributed by atoms with Gasteiger partial charge in [0.15, 0.2) is 0 Å². The minimum atomic E-state index is -0.0594. The minimum absolute atomic E-state index is 0.0594. The van der Waals surface area contributed by atoms with Gasteiger partial charge in [-0.15, -0.1) is 0 Å². The Morgan fingerprint density at radius 3 is 2.67 bits per heavy atom. The fourth-order valence-electron chi connectivity index (χ4n) is 0.774. The van der Waals surface area contributed by atoms with Crippen molar-refractivity contribution in [1.82, 2.24) is 10.6 Å². The molecule has 0 saturated carbocycles. The topological polar surface area (TPSA) is 50.4 Å². The van der Waals surface area contributed by atoms with E-state index in [2.05, 4.69) is 22.3 Å². The molecule has 0 saturated heterocycles. The molecule has 0 rings (SSSR count). The van der Waals surface area contributed by atoms with Crippen LogP contribution in [-0.4, -0.2) is 39.3 Å². The van der Waals surface area contributed by atoms with Crippen LogP contribution in [0.2, 0.25) is 0 Å². The van der Waals surface area contributed by atoms with Gasteiger partial charge in [-0.1, -0.05) is 6.92 Å². The van der Waals surface area contributed by atoms with Crippen LogP contribution >= 0.6 is 0 Å². The fraction of sp³-hybridized carbons (Fsp3) is 0.875. The van der Waals surface area contributed by atoms with Crippen molar-refractivity contribution < 1.29 is 9.53 Å². The molecule has 0 fully saturated rings. The summed E-state index contributed by atoms with van der Waals surface area (Å²) in [6.07, 6.45) is 1.12. The molecule has 4 heteroatoms. The molecular weight excluding hydrogens is 156 g/mol. The third kappa shape index (κ3) is 7.50. The highest BCUT2D eigenvalue weighted by molar-refractivity contribution is 5.77. The number of hydrogen-bond acceptors (Lipinski definition) is 3. The van der Waals surface area contributed by atoms with Gasteiger partial charge >= 0.3 is 0 Å². The standard InChI is InChI=1S/C8H18N2O2/c1-3-4-9-5-6-10-8(11)7-12-2/h9H,3-7H2,1-2H3,(H,10,11). The van der Waals surface area contributed by atoms with E-state index in [0.29, 0.717) is 6.54 Å². The van der Waals surface area contributed by atoms with E-state index in [4.69, 9.17) is 0 Å². The second-order valence-corrected chi connectivity index (χ2v) is 2.53. The Morgan fingerprint density at radius 2 is 2.08 bits per heavy atom. The maximum absolute atomic E-state index is 10.8. The Bertz CT molecular complexity index is 118. The normalized spacial score (nSPS) is 9.83. The molecule has 0 aromatic carbocycles. The van der Waals surface area contributed by atoms with E-state index in [-0.39, 0.29) is 12.5 Å². The molecular formula is C8H18N2O2. The van der Waals surface area contributed by atoms with Gasteiger partial charge in [0, 0.05) is 20.2 Å². The zero-order valence-electron chi connectivity index (χ0n) is 7.85. The summed E-state index contributed by atoms with van der Waals surface area (Å²) in [6, 6.07) is 0. The lowest BCUT2D eigenvalue weighted by molar-refractivity contribution is -0.124. The van der Waals surface area contributed by atoms with Gasteiger partial charge in [0.25, 0.3) is 0 Å². The number of carbonyl (C=O) groups is 1. The molecule has 2 N–H and O–H groups in total. The first-order chi connectivity index (χ1) is 5.81. The Labute approximate surface area is 73.7 Å². The van der Waals surface area contributed by atoms with Gasteiger partial charge in [-0.05, 0) is 13.0 Å². The van der Waals surface area contributed by atoms with Crippen molar-refractivity contribution >= 4 is 5.91 Å². The van der Waals surface area contributed by atoms with Crippen molar-refractivity contribution in [2.24, 2.45) is 0 Å². The van der Waals surface area contributed by atoms with Crippen molar-refractivity contribution in [2.75, 3.05) is 33.4 Å². The molecule has 0 bridgehead atoms. The number of rotatable bonds is 7. The lowest BCUT2D eigenvalue weighted by atomic mass is 10.4. The molecule has 0 aliphatic carbocycles. The molecule has 0 aliphatic heterocycles. The maximum atomic E-state index is 10.8. The second kappa shape index (κ2) is 8.49. The van der Waals surface area contributed by atoms with Crippen LogP contribution in [-0.2, 0) is 9.53 Å². The van der Waals surface area contributed by atoms with Crippen LogP contribution in [0.5, 0.6) is 0 Å². The van der Waals surface area contributed by atoms with Crippen LogP contribution in [0, 0.1) is 0 Å². The van der Waals surface area contributed by atoms with Crippen LogP contribution in [0.25, 0.3) is 0 Å². The van der Waals surface area contributed by atoms with Crippen molar-refractivity contribution in [2.45, 2.75) is 13.3 Å². The van der Waals surface area contributed by atoms with Crippen molar-refractivity contribution in [1.29, 1.82) is 0 Å². The van der Waals surface area contributed by atoms with Gasteiger partial charge < -0.3 is 15.4 Å². The van der Waals surface area contributed by atoms with E-state index >= 15 is 0 Å². The summed E-state index contributed by atoms with van der Waals surface area (Å²) in [4.78, 5) is 10.8. The van der Waals surface area contributed by atoms with Crippen molar-refractivity contribution in [3.8, 4) is 0 Å². The lowest BCUT2D eigenvalue weighted by Gasteiger charge is -2.04. The number of hydrogen-bond donors (Lipinski definition) is 2. The van der Waals surface area contributed by atoms with Gasteiger partial charge in [-0.25, -0.2) is 0 Å². The van der Waals surface area contributed by atoms with Gasteiger partial charge in [0.05, 0.1) is 0 Å². The Balaban J connectivity index is 3.03. The lowest BCUT2D eigenvalue weighted by Crippen LogP contribution is -2.34. The van der Waals surface area contributed by atoms with Crippen molar-refractivity contribution in [3.63, 3.8) is 0 Å². The van der Waals surface area contributed by atoms with Gasteiger partial charge in [-0.3, -0.25) is 4.79 Å². The summed E-state index contributed by atoms with van der Waals surface area (Å²) < 4.78 is 4.65. The van der Waals surface area contributed by atoms with E-state index in [1.165, 1.54) is 7.11 Å². The summed E-state index contributed by atoms with van der Waals surface area (Å²) >= 11 is 0. The molecule has 4 nitrogen and oxygen atoms in total. The molecule has 0 heterocycles. The third-order valence-electron chi connectivity index (χ3n) is 1.33. The summed E-state index contributed by atoms with van der Waals surface area (Å²) in [5, 5.41) is 5.89. The summed E-state index contributed by atoms with van der Waals surface area (Å²) in [5.41, 5.74) is 0. The fourth-order valence-corrected chi connectivity index (χ4v) is 0.774.